The maximum atomic E-state index is 12.5. The predicted molar refractivity (Wildman–Crippen MR) is 78.4 cm³/mol. The maximum absolute atomic E-state index is 12.5. The van der Waals surface area contributed by atoms with Crippen molar-refractivity contribution in [2.75, 3.05) is 26.2 Å². The Morgan fingerprint density at radius 3 is 2.85 bits per heavy atom. The highest BCUT2D eigenvalue weighted by atomic mass is 16.2. The van der Waals surface area contributed by atoms with Gasteiger partial charge in [0.15, 0.2) is 0 Å². The molecular formula is C16H21N3O. The summed E-state index contributed by atoms with van der Waals surface area (Å²) >= 11 is 0. The van der Waals surface area contributed by atoms with Gasteiger partial charge in [-0.15, -0.1) is 0 Å². The van der Waals surface area contributed by atoms with E-state index in [1.807, 2.05) is 4.90 Å². The molecule has 4 nitrogen and oxygen atoms in total. The van der Waals surface area contributed by atoms with E-state index in [0.29, 0.717) is 17.2 Å². The van der Waals surface area contributed by atoms with Gasteiger partial charge in [-0.1, -0.05) is 19.9 Å². The van der Waals surface area contributed by atoms with Crippen LogP contribution in [0.3, 0.4) is 0 Å². The van der Waals surface area contributed by atoms with Gasteiger partial charge in [-0.05, 0) is 37.7 Å². The van der Waals surface area contributed by atoms with E-state index in [-0.39, 0.29) is 5.91 Å². The zero-order valence-corrected chi connectivity index (χ0v) is 12.2. The molecule has 0 aromatic heterocycles. The van der Waals surface area contributed by atoms with Crippen LogP contribution in [0.2, 0.25) is 0 Å². The van der Waals surface area contributed by atoms with Crippen LogP contribution >= 0.6 is 0 Å². The van der Waals surface area contributed by atoms with Gasteiger partial charge < -0.3 is 4.90 Å². The van der Waals surface area contributed by atoms with E-state index in [4.69, 9.17) is 5.26 Å². The Labute approximate surface area is 120 Å². The second-order valence-electron chi connectivity index (χ2n) is 5.11. The van der Waals surface area contributed by atoms with Gasteiger partial charge in [0.2, 0.25) is 0 Å². The van der Waals surface area contributed by atoms with E-state index in [1.165, 1.54) is 0 Å². The first-order chi connectivity index (χ1) is 9.69. The summed E-state index contributed by atoms with van der Waals surface area (Å²) in [6.45, 7) is 7.95. The number of amides is 1. The lowest BCUT2D eigenvalue weighted by molar-refractivity contribution is 0.0778. The zero-order valence-electron chi connectivity index (χ0n) is 12.2. The number of nitrogens with zero attached hydrogens (tertiary/aromatic N) is 3. The summed E-state index contributed by atoms with van der Waals surface area (Å²) in [5, 5.41) is 8.91. The number of hydrogen-bond donors (Lipinski definition) is 0. The third-order valence-corrected chi connectivity index (χ3v) is 4.02. The van der Waals surface area contributed by atoms with Gasteiger partial charge in [0.25, 0.3) is 5.91 Å². The number of nitriles is 1. The number of hydrogen-bond acceptors (Lipinski definition) is 3. The van der Waals surface area contributed by atoms with Crippen molar-refractivity contribution >= 4 is 5.91 Å². The van der Waals surface area contributed by atoms with Crippen LogP contribution in [-0.2, 0) is 0 Å². The average Bonchev–Trinajstić information content (AvgIpc) is 2.97. The van der Waals surface area contributed by atoms with Gasteiger partial charge in [-0.3, -0.25) is 9.69 Å². The van der Waals surface area contributed by atoms with E-state index in [1.54, 1.807) is 24.3 Å². The normalized spacial score (nSPS) is 18.3. The molecule has 1 aromatic carbocycles. The van der Waals surface area contributed by atoms with Gasteiger partial charge >= 0.3 is 0 Å². The van der Waals surface area contributed by atoms with Crippen molar-refractivity contribution in [3.63, 3.8) is 0 Å². The Morgan fingerprint density at radius 2 is 2.20 bits per heavy atom. The molecule has 1 saturated heterocycles. The monoisotopic (exact) mass is 271 g/mol. The first-order valence-corrected chi connectivity index (χ1v) is 7.23. The maximum Gasteiger partial charge on any atom is 0.253 e. The molecule has 0 radical (unpaired) electrons. The molecule has 0 aliphatic carbocycles. The minimum absolute atomic E-state index is 0.0387. The molecule has 1 heterocycles. The standard InChI is InChI=1S/C16H21N3O/c1-3-18(4-2)15-8-9-19(12-15)16(20)14-7-5-6-13(10-14)11-17/h5-7,10,15H,3-4,8-9,12H2,1-2H3. The highest BCUT2D eigenvalue weighted by Crippen LogP contribution is 2.18. The van der Waals surface area contributed by atoms with Gasteiger partial charge in [0.05, 0.1) is 11.6 Å². The van der Waals surface area contributed by atoms with Crippen molar-refractivity contribution in [3.8, 4) is 6.07 Å². The third-order valence-electron chi connectivity index (χ3n) is 4.02. The van der Waals surface area contributed by atoms with E-state index < -0.39 is 0 Å². The van der Waals surface area contributed by atoms with E-state index in [0.717, 1.165) is 32.6 Å². The summed E-state index contributed by atoms with van der Waals surface area (Å²) in [7, 11) is 0. The fraction of sp³-hybridized carbons (Fsp3) is 0.500. The largest absolute Gasteiger partial charge is 0.337 e. The quantitative estimate of drug-likeness (QED) is 0.842. The zero-order chi connectivity index (χ0) is 14.5. The van der Waals surface area contributed by atoms with Crippen molar-refractivity contribution in [3.05, 3.63) is 35.4 Å². The van der Waals surface area contributed by atoms with Crippen LogP contribution < -0.4 is 0 Å². The van der Waals surface area contributed by atoms with E-state index in [2.05, 4.69) is 24.8 Å². The molecule has 106 valence electrons. The van der Waals surface area contributed by atoms with Crippen molar-refractivity contribution in [1.29, 1.82) is 5.26 Å². The van der Waals surface area contributed by atoms with Crippen LogP contribution in [0.15, 0.2) is 24.3 Å². The summed E-state index contributed by atoms with van der Waals surface area (Å²) < 4.78 is 0. The van der Waals surface area contributed by atoms with Crippen molar-refractivity contribution in [2.45, 2.75) is 26.3 Å². The van der Waals surface area contributed by atoms with Crippen LogP contribution in [0.25, 0.3) is 0 Å². The van der Waals surface area contributed by atoms with Crippen LogP contribution in [0.1, 0.15) is 36.2 Å². The number of carbonyl (C=O) groups is 1. The Hall–Kier alpha value is -1.86. The van der Waals surface area contributed by atoms with Crippen molar-refractivity contribution < 1.29 is 4.79 Å². The summed E-state index contributed by atoms with van der Waals surface area (Å²) in [6, 6.07) is 9.49. The first kappa shape index (κ1) is 14.5. The number of likely N-dealkylation sites (tertiary alicyclic amines) is 1. The van der Waals surface area contributed by atoms with Gasteiger partial charge in [0.1, 0.15) is 0 Å². The molecular weight excluding hydrogens is 250 g/mol. The molecule has 1 unspecified atom stereocenters. The van der Waals surface area contributed by atoms with Gasteiger partial charge in [0, 0.05) is 24.7 Å². The van der Waals surface area contributed by atoms with Crippen molar-refractivity contribution in [1.82, 2.24) is 9.80 Å². The van der Waals surface area contributed by atoms with Gasteiger partial charge in [-0.2, -0.15) is 5.26 Å². The number of benzene rings is 1. The summed E-state index contributed by atoms with van der Waals surface area (Å²) in [6.07, 6.45) is 1.03. The molecule has 20 heavy (non-hydrogen) atoms. The highest BCUT2D eigenvalue weighted by molar-refractivity contribution is 5.94. The molecule has 0 spiro atoms. The molecule has 2 rings (SSSR count). The van der Waals surface area contributed by atoms with Crippen molar-refractivity contribution in [2.24, 2.45) is 0 Å². The van der Waals surface area contributed by atoms with Crippen LogP contribution in [0, 0.1) is 11.3 Å². The van der Waals surface area contributed by atoms with Crippen LogP contribution in [0.4, 0.5) is 0 Å². The fourth-order valence-corrected chi connectivity index (χ4v) is 2.87. The third kappa shape index (κ3) is 3.00. The molecule has 4 heteroatoms. The molecule has 0 N–H and O–H groups in total. The Bertz CT molecular complexity index is 517. The summed E-state index contributed by atoms with van der Waals surface area (Å²) in [5.41, 5.74) is 1.15. The van der Waals surface area contributed by atoms with E-state index >= 15 is 0 Å². The molecule has 1 amide bonds. The minimum atomic E-state index is 0.0387. The lowest BCUT2D eigenvalue weighted by Gasteiger charge is -2.26. The Balaban J connectivity index is 2.06. The number of carbonyl (C=O) groups excluding carboxylic acids is 1. The molecule has 0 saturated carbocycles. The second kappa shape index (κ2) is 6.53. The smallest absolute Gasteiger partial charge is 0.253 e. The SMILES string of the molecule is CCN(CC)C1CCN(C(=O)c2cccc(C#N)c2)C1. The lowest BCUT2D eigenvalue weighted by Crippen LogP contribution is -2.38. The number of likely N-dealkylation sites (N-methyl/N-ethyl adjacent to an activating group) is 1. The number of rotatable bonds is 4. The summed E-state index contributed by atoms with van der Waals surface area (Å²) in [5.74, 6) is 0.0387. The molecule has 1 fully saturated rings. The Kier molecular flexibility index (Phi) is 4.75. The topological polar surface area (TPSA) is 47.3 Å². The Morgan fingerprint density at radius 1 is 1.45 bits per heavy atom. The fourth-order valence-electron chi connectivity index (χ4n) is 2.87. The molecule has 1 aliphatic rings. The van der Waals surface area contributed by atoms with Crippen LogP contribution in [0.5, 0.6) is 0 Å². The second-order valence-corrected chi connectivity index (χ2v) is 5.11. The minimum Gasteiger partial charge on any atom is -0.337 e. The average molecular weight is 271 g/mol. The lowest BCUT2D eigenvalue weighted by atomic mass is 10.1. The molecule has 1 aromatic rings. The predicted octanol–water partition coefficient (Wildman–Crippen LogP) is 2.11. The highest BCUT2D eigenvalue weighted by Gasteiger charge is 2.29. The van der Waals surface area contributed by atoms with Gasteiger partial charge in [-0.25, -0.2) is 0 Å². The first-order valence-electron chi connectivity index (χ1n) is 7.23. The summed E-state index contributed by atoms with van der Waals surface area (Å²) in [4.78, 5) is 16.8. The molecule has 1 atom stereocenters. The van der Waals surface area contributed by atoms with E-state index in [9.17, 15) is 4.79 Å². The molecule has 1 aliphatic heterocycles. The van der Waals surface area contributed by atoms with Crippen LogP contribution in [-0.4, -0.2) is 47.9 Å². The molecule has 0 bridgehead atoms.